The van der Waals surface area contributed by atoms with E-state index in [4.69, 9.17) is 4.74 Å². The number of anilines is 1. The maximum absolute atomic E-state index is 12.4. The zero-order chi connectivity index (χ0) is 14.0. The highest BCUT2D eigenvalue weighted by molar-refractivity contribution is 5.85. The summed E-state index contributed by atoms with van der Waals surface area (Å²) >= 11 is 0. The monoisotopic (exact) mass is 276 g/mol. The number of rotatable bonds is 4. The zero-order valence-corrected chi connectivity index (χ0v) is 11.7. The van der Waals surface area contributed by atoms with Crippen LogP contribution in [0.15, 0.2) is 18.5 Å². The lowest BCUT2D eigenvalue weighted by molar-refractivity contribution is -0.127. The first-order valence-corrected chi connectivity index (χ1v) is 7.07. The number of aromatic nitrogens is 2. The Morgan fingerprint density at radius 3 is 2.90 bits per heavy atom. The van der Waals surface area contributed by atoms with Gasteiger partial charge in [-0.1, -0.05) is 6.92 Å². The van der Waals surface area contributed by atoms with E-state index in [0.29, 0.717) is 12.5 Å². The summed E-state index contributed by atoms with van der Waals surface area (Å²) in [5.74, 6) is 0.714. The topological polar surface area (TPSA) is 67.4 Å². The second-order valence-electron chi connectivity index (χ2n) is 5.92. The van der Waals surface area contributed by atoms with Crippen LogP contribution in [-0.4, -0.2) is 48.2 Å². The van der Waals surface area contributed by atoms with Gasteiger partial charge in [0.05, 0.1) is 13.2 Å². The highest BCUT2D eigenvalue weighted by Gasteiger charge is 2.36. The van der Waals surface area contributed by atoms with Crippen molar-refractivity contribution in [3.8, 4) is 0 Å². The Bertz CT molecular complexity index is 475. The van der Waals surface area contributed by atoms with E-state index < -0.39 is 0 Å². The first-order valence-electron chi connectivity index (χ1n) is 7.07. The van der Waals surface area contributed by atoms with Crippen molar-refractivity contribution in [2.24, 2.45) is 5.41 Å². The Morgan fingerprint density at radius 2 is 2.25 bits per heavy atom. The number of nitrogens with zero attached hydrogens (tertiary/aromatic N) is 3. The number of carbonyl (C=O) groups is 1. The number of ether oxygens (including phenoxy) is 1. The largest absolute Gasteiger partial charge is 0.380 e. The summed E-state index contributed by atoms with van der Waals surface area (Å²) in [5.41, 5.74) is 0.0995. The van der Waals surface area contributed by atoms with Crippen LogP contribution in [0.1, 0.15) is 19.8 Å². The Morgan fingerprint density at radius 1 is 1.50 bits per heavy atom. The van der Waals surface area contributed by atoms with Crippen LogP contribution in [0.4, 0.5) is 5.95 Å². The van der Waals surface area contributed by atoms with Gasteiger partial charge in [0.2, 0.25) is 11.9 Å². The molecule has 6 heteroatoms. The molecule has 0 radical (unpaired) electrons. The van der Waals surface area contributed by atoms with Crippen molar-refractivity contribution in [1.29, 1.82) is 0 Å². The molecule has 0 bridgehead atoms. The van der Waals surface area contributed by atoms with E-state index >= 15 is 0 Å². The minimum atomic E-state index is -0.151. The first-order chi connectivity index (χ1) is 9.68. The van der Waals surface area contributed by atoms with Gasteiger partial charge in [0.15, 0.2) is 0 Å². The van der Waals surface area contributed by atoms with Crippen LogP contribution >= 0.6 is 0 Å². The molecule has 1 N–H and O–H groups in total. The molecule has 0 aromatic carbocycles. The number of hydrogen-bond acceptors (Lipinski definition) is 5. The highest BCUT2D eigenvalue weighted by Crippen LogP contribution is 2.26. The number of carbonyl (C=O) groups excluding carboxylic acids is 1. The summed E-state index contributed by atoms with van der Waals surface area (Å²) in [6.45, 7) is 5.09. The van der Waals surface area contributed by atoms with Crippen molar-refractivity contribution in [3.05, 3.63) is 18.5 Å². The Kier molecular flexibility index (Phi) is 3.56. The van der Waals surface area contributed by atoms with Gasteiger partial charge in [-0.15, -0.1) is 0 Å². The molecular weight excluding hydrogens is 256 g/mol. The molecule has 1 atom stereocenters. The molecule has 20 heavy (non-hydrogen) atoms. The van der Waals surface area contributed by atoms with Gasteiger partial charge in [-0.2, -0.15) is 0 Å². The van der Waals surface area contributed by atoms with E-state index in [1.165, 1.54) is 0 Å². The summed E-state index contributed by atoms with van der Waals surface area (Å²) in [5, 5.41) is 3.05. The fourth-order valence-electron chi connectivity index (χ4n) is 2.69. The minimum absolute atomic E-state index is 0.0723. The van der Waals surface area contributed by atoms with Crippen LogP contribution in [0.5, 0.6) is 0 Å². The van der Waals surface area contributed by atoms with Crippen molar-refractivity contribution in [2.75, 3.05) is 31.2 Å². The summed E-state index contributed by atoms with van der Waals surface area (Å²) in [6.07, 6.45) is 5.28. The van der Waals surface area contributed by atoms with Crippen molar-refractivity contribution in [3.63, 3.8) is 0 Å². The normalized spacial score (nSPS) is 24.2. The molecular formula is C14H20N4O2. The van der Waals surface area contributed by atoms with Gasteiger partial charge in [0, 0.05) is 30.9 Å². The molecule has 3 rings (SSSR count). The molecule has 2 saturated heterocycles. The van der Waals surface area contributed by atoms with Crippen molar-refractivity contribution in [1.82, 2.24) is 15.3 Å². The third-order valence-corrected chi connectivity index (χ3v) is 3.95. The molecule has 2 aliphatic heterocycles. The second-order valence-corrected chi connectivity index (χ2v) is 5.92. The van der Waals surface area contributed by atoms with E-state index in [9.17, 15) is 4.79 Å². The van der Waals surface area contributed by atoms with E-state index in [1.807, 2.05) is 4.90 Å². The van der Waals surface area contributed by atoms with Crippen LogP contribution in [0.25, 0.3) is 0 Å². The first kappa shape index (κ1) is 13.3. The number of hydrogen-bond donors (Lipinski definition) is 1. The van der Waals surface area contributed by atoms with Gasteiger partial charge >= 0.3 is 0 Å². The van der Waals surface area contributed by atoms with Gasteiger partial charge in [-0.25, -0.2) is 9.97 Å². The van der Waals surface area contributed by atoms with Crippen LogP contribution in [0.2, 0.25) is 0 Å². The zero-order valence-electron chi connectivity index (χ0n) is 11.7. The minimum Gasteiger partial charge on any atom is -0.380 e. The lowest BCUT2D eigenvalue weighted by atomic mass is 9.88. The van der Waals surface area contributed by atoms with E-state index in [1.54, 1.807) is 18.5 Å². The average Bonchev–Trinajstić information content (AvgIpc) is 2.93. The molecule has 3 heterocycles. The van der Waals surface area contributed by atoms with Crippen LogP contribution in [0.3, 0.4) is 0 Å². The molecule has 1 unspecified atom stereocenters. The fourth-order valence-corrected chi connectivity index (χ4v) is 2.69. The summed E-state index contributed by atoms with van der Waals surface area (Å²) < 4.78 is 5.20. The highest BCUT2D eigenvalue weighted by atomic mass is 16.5. The van der Waals surface area contributed by atoms with E-state index in [2.05, 4.69) is 22.2 Å². The van der Waals surface area contributed by atoms with Gasteiger partial charge in [-0.05, 0) is 18.9 Å². The van der Waals surface area contributed by atoms with Gasteiger partial charge in [-0.3, -0.25) is 4.79 Å². The van der Waals surface area contributed by atoms with Gasteiger partial charge in [0.1, 0.15) is 6.04 Å². The summed E-state index contributed by atoms with van der Waals surface area (Å²) in [7, 11) is 0. The van der Waals surface area contributed by atoms with Crippen molar-refractivity contribution < 1.29 is 9.53 Å². The second kappa shape index (κ2) is 5.36. The maximum Gasteiger partial charge on any atom is 0.242 e. The van der Waals surface area contributed by atoms with Crippen LogP contribution < -0.4 is 10.2 Å². The molecule has 1 amide bonds. The molecule has 1 aromatic heterocycles. The Hall–Kier alpha value is -1.69. The Labute approximate surface area is 118 Å². The molecule has 2 aliphatic rings. The van der Waals surface area contributed by atoms with Gasteiger partial charge in [0.25, 0.3) is 0 Å². The lowest BCUT2D eigenvalue weighted by Gasteiger charge is -2.38. The quantitative estimate of drug-likeness (QED) is 0.872. The molecule has 0 saturated carbocycles. The SMILES string of the molecule is CC1(CNC(=O)C2CCCN2c2ncccn2)COC1. The lowest BCUT2D eigenvalue weighted by Crippen LogP contribution is -2.52. The smallest absolute Gasteiger partial charge is 0.242 e. The van der Waals surface area contributed by atoms with E-state index in [-0.39, 0.29) is 17.4 Å². The average molecular weight is 276 g/mol. The molecule has 6 nitrogen and oxygen atoms in total. The number of amides is 1. The van der Waals surface area contributed by atoms with Crippen LogP contribution in [-0.2, 0) is 9.53 Å². The molecule has 0 aliphatic carbocycles. The number of nitrogens with one attached hydrogen (secondary N) is 1. The van der Waals surface area contributed by atoms with E-state index in [0.717, 1.165) is 32.6 Å². The predicted molar refractivity (Wildman–Crippen MR) is 74.3 cm³/mol. The molecule has 2 fully saturated rings. The Balaban J connectivity index is 1.61. The molecule has 1 aromatic rings. The molecule has 108 valence electrons. The standard InChI is InChI=1S/C14H20N4O2/c1-14(9-20-10-14)8-17-12(19)11-4-2-7-18(11)13-15-5-3-6-16-13/h3,5-6,11H,2,4,7-10H2,1H3,(H,17,19). The third kappa shape index (κ3) is 2.60. The van der Waals surface area contributed by atoms with Gasteiger partial charge < -0.3 is 15.0 Å². The summed E-state index contributed by atoms with van der Waals surface area (Å²) in [4.78, 5) is 22.9. The fraction of sp³-hybridized carbons (Fsp3) is 0.643. The third-order valence-electron chi connectivity index (χ3n) is 3.95. The summed E-state index contributed by atoms with van der Waals surface area (Å²) in [6, 6.07) is 1.63. The van der Waals surface area contributed by atoms with Crippen LogP contribution in [0, 0.1) is 5.41 Å². The van der Waals surface area contributed by atoms with Crippen molar-refractivity contribution in [2.45, 2.75) is 25.8 Å². The maximum atomic E-state index is 12.4. The molecule has 0 spiro atoms. The predicted octanol–water partition coefficient (Wildman–Crippen LogP) is 0.598. The van der Waals surface area contributed by atoms with Crippen molar-refractivity contribution >= 4 is 11.9 Å².